The van der Waals surface area contributed by atoms with Gasteiger partial charge in [-0.1, -0.05) is 47.7 Å². The van der Waals surface area contributed by atoms with E-state index >= 15 is 0 Å². The average Bonchev–Trinajstić information content (AvgIpc) is 3.97. The molecule has 73 heavy (non-hydrogen) atoms. The average molecular weight is 1000 g/mol. The summed E-state index contributed by atoms with van der Waals surface area (Å²) < 4.78 is 16.0. The van der Waals surface area contributed by atoms with Gasteiger partial charge in [0.25, 0.3) is 5.91 Å². The lowest BCUT2D eigenvalue weighted by Gasteiger charge is -2.39. The number of hydrogen-bond acceptors (Lipinski definition) is 13. The molecule has 3 aromatic heterocycles. The Labute approximate surface area is 427 Å². The Bertz CT molecular complexity index is 3230. The van der Waals surface area contributed by atoms with E-state index in [1.165, 1.54) is 11.3 Å². The number of rotatable bonds is 13. The summed E-state index contributed by atoms with van der Waals surface area (Å²) >= 11 is 1.43. The van der Waals surface area contributed by atoms with Crippen molar-refractivity contribution >= 4 is 72.8 Å². The Balaban J connectivity index is 0.672. The predicted molar refractivity (Wildman–Crippen MR) is 282 cm³/mol. The van der Waals surface area contributed by atoms with Crippen molar-refractivity contribution in [2.75, 3.05) is 54.4 Å². The number of aromatic carboxylic acids is 1. The topological polar surface area (TPSA) is 184 Å². The second-order valence-corrected chi connectivity index (χ2v) is 20.8. The lowest BCUT2D eigenvalue weighted by Crippen LogP contribution is -2.51. The first-order valence-corrected chi connectivity index (χ1v) is 26.2. The molecule has 3 N–H and O–H groups in total. The van der Waals surface area contributed by atoms with Crippen LogP contribution >= 0.6 is 11.3 Å². The molecule has 1 saturated carbocycles. The van der Waals surface area contributed by atoms with Crippen LogP contribution in [0.25, 0.3) is 32.2 Å². The number of ether oxygens (including phenoxy) is 2. The van der Waals surface area contributed by atoms with Crippen molar-refractivity contribution in [3.8, 4) is 16.9 Å². The number of pyridine rings is 1. The number of aryl methyl sites for hydroxylation is 1. The van der Waals surface area contributed by atoms with Gasteiger partial charge in [0.15, 0.2) is 10.8 Å². The van der Waals surface area contributed by atoms with Gasteiger partial charge in [0.1, 0.15) is 11.6 Å². The van der Waals surface area contributed by atoms with Crippen molar-refractivity contribution in [2.24, 2.45) is 7.05 Å². The first-order valence-electron chi connectivity index (χ1n) is 25.4. The number of thiazole rings is 1. The van der Waals surface area contributed by atoms with Crippen LogP contribution in [-0.4, -0.2) is 111 Å². The second kappa shape index (κ2) is 20.4. The first kappa shape index (κ1) is 48.1. The number of nitrogens with zero attached hydrogens (tertiary/aromatic N) is 7. The Morgan fingerprint density at radius 1 is 0.849 bits per heavy atom. The number of carboxylic acid groups (broad SMARTS) is 1. The number of fused-ring (bicyclic) bond motifs is 3. The van der Waals surface area contributed by atoms with E-state index in [1.54, 1.807) is 0 Å². The summed E-state index contributed by atoms with van der Waals surface area (Å²) in [6.07, 6.45) is 5.17. The number of nitrogens with one attached hydrogen (secondary N) is 2. The van der Waals surface area contributed by atoms with Crippen molar-refractivity contribution in [2.45, 2.75) is 89.5 Å². The Morgan fingerprint density at radius 2 is 1.64 bits per heavy atom. The van der Waals surface area contributed by atoms with Gasteiger partial charge in [0.2, 0.25) is 11.8 Å². The maximum Gasteiger partial charge on any atom is 0.355 e. The molecule has 7 aromatic rings. The van der Waals surface area contributed by atoms with Crippen LogP contribution in [0, 0.1) is 6.92 Å². The molecule has 0 spiro atoms. The Morgan fingerprint density at radius 3 is 2.44 bits per heavy atom. The van der Waals surface area contributed by atoms with Crippen LogP contribution in [0.4, 0.5) is 16.6 Å². The van der Waals surface area contributed by atoms with E-state index in [-0.39, 0.29) is 41.7 Å². The first-order chi connectivity index (χ1) is 35.4. The number of para-hydroxylation sites is 1. The van der Waals surface area contributed by atoms with Crippen molar-refractivity contribution in [3.05, 3.63) is 125 Å². The highest BCUT2D eigenvalue weighted by Crippen LogP contribution is 2.37. The van der Waals surface area contributed by atoms with Crippen LogP contribution in [0.15, 0.2) is 91.0 Å². The minimum Gasteiger partial charge on any atom is -0.490 e. The van der Waals surface area contributed by atoms with Crippen molar-refractivity contribution < 1.29 is 33.8 Å². The molecule has 17 heteroatoms. The number of carbonyl (C=O) groups is 4. The number of anilines is 3. The normalized spacial score (nSPS) is 20.0. The molecular weight excluding hydrogens is 943 g/mol. The molecule has 11 rings (SSSR count). The Kier molecular flexibility index (Phi) is 13.4. The summed E-state index contributed by atoms with van der Waals surface area (Å²) in [6.45, 7) is 9.54. The van der Waals surface area contributed by atoms with Gasteiger partial charge < -0.3 is 24.4 Å². The number of carboxylic acids is 1. The number of hydrogen-bond donors (Lipinski definition) is 3. The zero-order chi connectivity index (χ0) is 50.3. The molecule has 3 aliphatic heterocycles. The van der Waals surface area contributed by atoms with Crippen LogP contribution in [0.1, 0.15) is 94.6 Å². The molecular formula is C56H59N9O7S. The quantitative estimate of drug-likeness (QED) is 0.0936. The van der Waals surface area contributed by atoms with Crippen molar-refractivity contribution in [1.29, 1.82) is 0 Å². The number of piperidine rings is 1. The van der Waals surface area contributed by atoms with Crippen LogP contribution in [-0.2, 0) is 34.3 Å². The number of carbonyl (C=O) groups excluding carboxylic acids is 3. The van der Waals surface area contributed by atoms with Crippen LogP contribution < -0.4 is 25.2 Å². The van der Waals surface area contributed by atoms with E-state index in [4.69, 9.17) is 19.6 Å². The highest BCUT2D eigenvalue weighted by atomic mass is 32.1. The fourth-order valence-electron chi connectivity index (χ4n) is 11.1. The second-order valence-electron chi connectivity index (χ2n) is 19.8. The molecule has 0 bridgehead atoms. The minimum absolute atomic E-state index is 0.0171. The fourth-order valence-corrected chi connectivity index (χ4v) is 12.0. The van der Waals surface area contributed by atoms with Gasteiger partial charge in [-0.3, -0.25) is 34.6 Å². The summed E-state index contributed by atoms with van der Waals surface area (Å²) in [5.41, 5.74) is 8.30. The van der Waals surface area contributed by atoms with Gasteiger partial charge in [-0.2, -0.15) is 5.10 Å². The number of benzene rings is 4. The summed E-state index contributed by atoms with van der Waals surface area (Å²) in [6, 6.07) is 29.7. The van der Waals surface area contributed by atoms with Gasteiger partial charge in [-0.15, -0.1) is 0 Å². The standard InChI is InChI=1S/C56H59N9O7S/c1-33(63-26-28-64(29-27-63)36-14-19-42-46(30-36)62(3)61-51(42)43-21-23-50(66)59-54(43)68)32-71-37-15-17-38(18-16-37)72-47-12-7-9-39(34(47)2)40-20-22-49(58-52(40)55(69)70)65-25-24-35-8-6-10-41(44(35)31-65)53(67)60-56-57-45-11-4-5-13-48(45)73-56/h4-14,19-20,22,30,33,37-38,43H,15-18,21,23-29,31-32H2,1-3H3,(H,69,70)(H,57,60,67)(H,59,66,68). The van der Waals surface area contributed by atoms with Gasteiger partial charge >= 0.3 is 5.97 Å². The zero-order valence-electron chi connectivity index (χ0n) is 41.3. The van der Waals surface area contributed by atoms with E-state index < -0.39 is 11.9 Å². The summed E-state index contributed by atoms with van der Waals surface area (Å²) in [5, 5.41) is 22.2. The molecule has 2 unspecified atom stereocenters. The van der Waals surface area contributed by atoms with Gasteiger partial charge in [0.05, 0.1) is 46.2 Å². The predicted octanol–water partition coefficient (Wildman–Crippen LogP) is 8.50. The molecule has 376 valence electrons. The van der Waals surface area contributed by atoms with Gasteiger partial charge in [-0.05, 0) is 129 Å². The monoisotopic (exact) mass is 1000 g/mol. The molecule has 1 aliphatic carbocycles. The van der Waals surface area contributed by atoms with E-state index in [0.29, 0.717) is 61.0 Å². The SMILES string of the molecule is Cc1c(OC2CCC(OCC(C)N3CCN(c4ccc5c(C6CCC(=O)NC6=O)nn(C)c5c4)CC3)CC2)cccc1-c1ccc(N2CCc3cccc(C(=O)Nc4nc5ccccc5s4)c3C2)nc1C(=O)O. The van der Waals surface area contributed by atoms with Crippen LogP contribution in [0.2, 0.25) is 0 Å². The van der Waals surface area contributed by atoms with Crippen LogP contribution in [0.5, 0.6) is 5.75 Å². The third-order valence-electron chi connectivity index (χ3n) is 15.2. The number of piperazine rings is 1. The van der Waals surface area contributed by atoms with E-state index in [1.807, 2.05) is 96.3 Å². The lowest BCUT2D eigenvalue weighted by atomic mass is 9.93. The summed E-state index contributed by atoms with van der Waals surface area (Å²) in [7, 11) is 1.91. The van der Waals surface area contributed by atoms with Gasteiger partial charge in [0, 0.05) is 81.0 Å². The smallest absolute Gasteiger partial charge is 0.355 e. The van der Waals surface area contributed by atoms with Gasteiger partial charge in [-0.25, -0.2) is 14.8 Å². The molecule has 6 heterocycles. The maximum atomic E-state index is 13.7. The molecule has 2 atom stereocenters. The van der Waals surface area contributed by atoms with Crippen molar-refractivity contribution in [1.82, 2.24) is 30.0 Å². The molecule has 4 aliphatic rings. The molecule has 16 nitrogen and oxygen atoms in total. The maximum absolute atomic E-state index is 13.7. The molecule has 3 amide bonds. The molecule has 4 aromatic carbocycles. The molecule has 2 saturated heterocycles. The highest BCUT2D eigenvalue weighted by molar-refractivity contribution is 7.22. The molecule has 0 radical (unpaired) electrons. The number of imide groups is 1. The van der Waals surface area contributed by atoms with E-state index in [2.05, 4.69) is 50.5 Å². The highest BCUT2D eigenvalue weighted by Gasteiger charge is 2.33. The third kappa shape index (κ3) is 9.88. The van der Waals surface area contributed by atoms with Crippen LogP contribution in [0.3, 0.4) is 0 Å². The van der Waals surface area contributed by atoms with E-state index in [0.717, 1.165) is 112 Å². The lowest BCUT2D eigenvalue weighted by molar-refractivity contribution is -0.134. The largest absolute Gasteiger partial charge is 0.490 e. The Hall–Kier alpha value is -7.21. The zero-order valence-corrected chi connectivity index (χ0v) is 42.1. The number of amides is 3. The van der Waals surface area contributed by atoms with Crippen molar-refractivity contribution in [3.63, 3.8) is 0 Å². The minimum atomic E-state index is -1.12. The fraction of sp³-hybridized carbons (Fsp3) is 0.375. The summed E-state index contributed by atoms with van der Waals surface area (Å²) in [5.74, 6) is -1.00. The molecule has 3 fully saturated rings. The summed E-state index contributed by atoms with van der Waals surface area (Å²) in [4.78, 5) is 67.2. The van der Waals surface area contributed by atoms with E-state index in [9.17, 15) is 24.3 Å². The third-order valence-corrected chi connectivity index (χ3v) is 16.2. The number of aromatic nitrogens is 4.